The van der Waals surface area contributed by atoms with E-state index in [-0.39, 0.29) is 64.4 Å². The summed E-state index contributed by atoms with van der Waals surface area (Å²) in [6.07, 6.45) is -4.27. The average molecular weight is 415 g/mol. The fourth-order valence-corrected chi connectivity index (χ4v) is 4.05. The fraction of sp³-hybridized carbons (Fsp3) is 0.545. The molecule has 0 bridgehead atoms. The van der Waals surface area contributed by atoms with Gasteiger partial charge in [0.2, 0.25) is 11.2 Å². The normalized spacial score (nSPS) is 33.7. The molecular formula is C11H13ClN6NaO6P. The van der Waals surface area contributed by atoms with E-state index < -0.39 is 32.4 Å². The first kappa shape index (κ1) is 20.2. The van der Waals surface area contributed by atoms with E-state index in [0.29, 0.717) is 0 Å². The van der Waals surface area contributed by atoms with E-state index in [1.54, 1.807) is 7.05 Å². The number of nitrogens with zero attached hydrogens (tertiary/aromatic N) is 4. The number of nitrogen functional groups attached to an aromatic ring is 1. The summed E-state index contributed by atoms with van der Waals surface area (Å²) in [5.41, 5.74) is 6.29. The molecular weight excluding hydrogens is 402 g/mol. The monoisotopic (exact) mass is 414 g/mol. The number of nitrogens with one attached hydrogen (secondary N) is 1. The molecule has 0 aromatic carbocycles. The Kier molecular flexibility index (Phi) is 5.54. The molecule has 0 amide bonds. The van der Waals surface area contributed by atoms with Crippen LogP contribution in [0.5, 0.6) is 0 Å². The molecule has 0 radical (unpaired) electrons. The van der Waals surface area contributed by atoms with Crippen molar-refractivity contribution < 1.29 is 57.9 Å². The summed E-state index contributed by atoms with van der Waals surface area (Å²) in [6.45, 7) is -0.265. The van der Waals surface area contributed by atoms with Crippen molar-refractivity contribution in [3.8, 4) is 0 Å². The number of aromatic nitrogens is 4. The number of hydrogen-bond acceptors (Lipinski definition) is 11. The van der Waals surface area contributed by atoms with Crippen LogP contribution in [0.3, 0.4) is 0 Å². The molecule has 4 rings (SSSR count). The number of imidazole rings is 1. The number of anilines is 2. The Labute approximate surface area is 173 Å². The maximum Gasteiger partial charge on any atom is 1.00 e. The van der Waals surface area contributed by atoms with Crippen molar-refractivity contribution in [1.82, 2.24) is 19.5 Å². The zero-order valence-corrected chi connectivity index (χ0v) is 17.3. The molecule has 2 unspecified atom stereocenters. The van der Waals surface area contributed by atoms with Gasteiger partial charge in [0.1, 0.15) is 18.3 Å². The largest absolute Gasteiger partial charge is 1.00 e. The maximum absolute atomic E-state index is 11.5. The molecule has 5 atom stereocenters. The third-order valence-corrected chi connectivity index (χ3v) is 5.11. The number of hydrogen-bond donors (Lipinski definition) is 3. The first-order valence-electron chi connectivity index (χ1n) is 7.17. The molecule has 2 saturated heterocycles. The molecule has 0 spiro atoms. The van der Waals surface area contributed by atoms with Gasteiger partial charge in [-0.15, -0.1) is 0 Å². The molecule has 0 saturated carbocycles. The molecule has 0 aliphatic carbocycles. The van der Waals surface area contributed by atoms with Crippen LogP contribution in [0.25, 0.3) is 11.2 Å². The van der Waals surface area contributed by atoms with Crippen LogP contribution in [0, 0.1) is 0 Å². The van der Waals surface area contributed by atoms with Crippen LogP contribution in [-0.4, -0.2) is 56.6 Å². The second-order valence-electron chi connectivity index (χ2n) is 5.47. The van der Waals surface area contributed by atoms with Gasteiger partial charge in [-0.3, -0.25) is 9.13 Å². The Morgan fingerprint density at radius 2 is 2.19 bits per heavy atom. The third-order valence-electron chi connectivity index (χ3n) is 3.97. The Morgan fingerprint density at radius 1 is 1.46 bits per heavy atom. The fourth-order valence-electron chi connectivity index (χ4n) is 2.93. The van der Waals surface area contributed by atoms with Crippen LogP contribution in [0.1, 0.15) is 6.23 Å². The van der Waals surface area contributed by atoms with E-state index in [1.807, 2.05) is 0 Å². The number of ether oxygens (including phenoxy) is 1. The predicted molar refractivity (Wildman–Crippen MR) is 82.6 cm³/mol. The maximum atomic E-state index is 11.5. The van der Waals surface area contributed by atoms with Gasteiger partial charge in [-0.2, -0.15) is 9.97 Å². The number of aliphatic hydroxyl groups excluding tert-OH is 1. The molecule has 26 heavy (non-hydrogen) atoms. The number of phosphoric acid groups is 1. The Morgan fingerprint density at radius 3 is 2.88 bits per heavy atom. The van der Waals surface area contributed by atoms with Crippen molar-refractivity contribution in [2.24, 2.45) is 0 Å². The van der Waals surface area contributed by atoms with Gasteiger partial charge in [-0.25, -0.2) is 4.98 Å². The first-order chi connectivity index (χ1) is 11.8. The number of fused-ring (bicyclic) bond motifs is 2. The summed E-state index contributed by atoms with van der Waals surface area (Å²) >= 11 is 5.86. The van der Waals surface area contributed by atoms with Crippen molar-refractivity contribution in [1.29, 1.82) is 0 Å². The van der Waals surface area contributed by atoms with Gasteiger partial charge in [0.15, 0.2) is 23.2 Å². The molecule has 2 fully saturated rings. The van der Waals surface area contributed by atoms with Crippen LogP contribution < -0.4 is 45.5 Å². The smallest absolute Gasteiger partial charge is 0.756 e. The van der Waals surface area contributed by atoms with Crippen LogP contribution in [0.2, 0.25) is 5.28 Å². The van der Waals surface area contributed by atoms with Crippen molar-refractivity contribution in [3.05, 3.63) is 5.28 Å². The summed E-state index contributed by atoms with van der Waals surface area (Å²) in [7, 11) is -2.88. The average Bonchev–Trinajstić information content (AvgIpc) is 3.05. The van der Waals surface area contributed by atoms with E-state index in [9.17, 15) is 14.6 Å². The van der Waals surface area contributed by atoms with Gasteiger partial charge in [0.05, 0.1) is 6.61 Å². The molecule has 2 aliphatic heterocycles. The van der Waals surface area contributed by atoms with Crippen LogP contribution in [-0.2, 0) is 18.3 Å². The Bertz CT molecular complexity index is 900. The minimum Gasteiger partial charge on any atom is -0.756 e. The van der Waals surface area contributed by atoms with Gasteiger partial charge in [0, 0.05) is 7.05 Å². The number of nitrogens with two attached hydrogens (primary N) is 1. The number of halogens is 1. The Balaban J connectivity index is 0.00000196. The number of phosphoric ester groups is 1. The summed E-state index contributed by atoms with van der Waals surface area (Å²) in [4.78, 5) is 23.7. The predicted octanol–water partition coefficient (Wildman–Crippen LogP) is -3.75. The molecule has 12 nitrogen and oxygen atoms in total. The molecule has 15 heteroatoms. The van der Waals surface area contributed by atoms with Crippen molar-refractivity contribution >= 4 is 42.4 Å². The van der Waals surface area contributed by atoms with Crippen molar-refractivity contribution in [3.63, 3.8) is 0 Å². The molecule has 2 aromatic heterocycles. The molecule has 136 valence electrons. The zero-order chi connectivity index (χ0) is 17.9. The van der Waals surface area contributed by atoms with Gasteiger partial charge in [-0.05, 0) is 11.6 Å². The van der Waals surface area contributed by atoms with E-state index in [1.165, 1.54) is 4.57 Å². The van der Waals surface area contributed by atoms with Crippen LogP contribution in [0.15, 0.2) is 0 Å². The molecule has 4 N–H and O–H groups in total. The van der Waals surface area contributed by atoms with Crippen LogP contribution >= 0.6 is 19.4 Å². The third kappa shape index (κ3) is 3.24. The van der Waals surface area contributed by atoms with Crippen molar-refractivity contribution in [2.45, 2.75) is 24.5 Å². The van der Waals surface area contributed by atoms with Gasteiger partial charge in [0.25, 0.3) is 7.82 Å². The van der Waals surface area contributed by atoms with Gasteiger partial charge >= 0.3 is 29.6 Å². The zero-order valence-electron chi connectivity index (χ0n) is 13.7. The summed E-state index contributed by atoms with van der Waals surface area (Å²) in [6, 6.07) is 0. The van der Waals surface area contributed by atoms with Crippen LogP contribution in [0.4, 0.5) is 11.8 Å². The molecule has 2 aliphatic rings. The minimum absolute atomic E-state index is 0. The summed E-state index contributed by atoms with van der Waals surface area (Å²) in [5.74, 6) is 0.325. The standard InChI is InChI=1S/C11H14ClN6O6P.Na/c1-14-11-15-4-7(13)16-10(12)17-8(4)18(11)9-5(19)6-3(23-9)2-22-25(20,21)24-6;/h3,5-6,9,19H,2H2,1H3,(H,14,15)(H,20,21)(H2,13,16,17);/q;+1/p-1/t3-,5-,6-,9?;/m1./s1. The Hall–Kier alpha value is -0.530. The summed E-state index contributed by atoms with van der Waals surface area (Å²) < 4.78 is 28.1. The van der Waals surface area contributed by atoms with E-state index in [2.05, 4.69) is 24.8 Å². The first-order valence-corrected chi connectivity index (χ1v) is 9.01. The van der Waals surface area contributed by atoms with Crippen molar-refractivity contribution in [2.75, 3.05) is 24.7 Å². The minimum atomic E-state index is -4.48. The quantitative estimate of drug-likeness (QED) is 0.250. The second-order valence-corrected chi connectivity index (χ2v) is 7.18. The van der Waals surface area contributed by atoms with E-state index in [4.69, 9.17) is 26.6 Å². The summed E-state index contributed by atoms with van der Waals surface area (Å²) in [5, 5.41) is 13.3. The van der Waals surface area contributed by atoms with Gasteiger partial charge < -0.3 is 34.8 Å². The topological polar surface area (TPSA) is 170 Å². The molecule has 4 heterocycles. The number of aliphatic hydroxyl groups is 1. The van der Waals surface area contributed by atoms with E-state index in [0.717, 1.165) is 0 Å². The second kappa shape index (κ2) is 7.13. The van der Waals surface area contributed by atoms with E-state index >= 15 is 0 Å². The van der Waals surface area contributed by atoms with Gasteiger partial charge in [-0.1, -0.05) is 0 Å². The molecule has 2 aromatic rings. The number of rotatable bonds is 2. The SMILES string of the molecule is CNc1nc2c(N)nc(Cl)nc2n1C1O[C@@H]2COP(=O)([O-])O[C@H]2[C@H]1O.[Na+].